The molecule has 0 fully saturated rings. The summed E-state index contributed by atoms with van der Waals surface area (Å²) in [6.07, 6.45) is 0.149. The van der Waals surface area contributed by atoms with Crippen molar-refractivity contribution in [3.05, 3.63) is 35.9 Å². The van der Waals surface area contributed by atoms with E-state index in [-0.39, 0.29) is 0 Å². The minimum atomic E-state index is -0.545. The number of rotatable bonds is 4. The third-order valence-electron chi connectivity index (χ3n) is 2.15. The van der Waals surface area contributed by atoms with Crippen LogP contribution in [0.15, 0.2) is 30.3 Å². The van der Waals surface area contributed by atoms with Crippen LogP contribution >= 0.6 is 0 Å². The monoisotopic (exact) mass is 180 g/mol. The third kappa shape index (κ3) is 3.17. The maximum absolute atomic E-state index is 9.66. The highest BCUT2D eigenvalue weighted by Gasteiger charge is 2.11. The minimum absolute atomic E-state index is 0.407. The highest BCUT2D eigenvalue weighted by molar-refractivity contribution is 5.17. The van der Waals surface area contributed by atoms with Crippen LogP contribution in [0.2, 0.25) is 0 Å². The fraction of sp³-hybridized carbons (Fsp3) is 0.455. The molecular weight excluding hydrogens is 164 g/mol. The molecule has 2 nitrogen and oxygen atoms in total. The summed E-state index contributed by atoms with van der Waals surface area (Å²) >= 11 is 0. The first-order valence-corrected chi connectivity index (χ1v) is 4.65. The Kier molecular flexibility index (Phi) is 3.93. The van der Waals surface area contributed by atoms with E-state index in [1.165, 1.54) is 0 Å². The van der Waals surface area contributed by atoms with E-state index >= 15 is 0 Å². The molecule has 2 heteroatoms. The van der Waals surface area contributed by atoms with Gasteiger partial charge in [-0.25, -0.2) is 0 Å². The maximum atomic E-state index is 9.66. The third-order valence-corrected chi connectivity index (χ3v) is 2.15. The second-order valence-corrected chi connectivity index (χ2v) is 3.22. The normalized spacial score (nSPS) is 15.3. The van der Waals surface area contributed by atoms with Crippen LogP contribution in [0.4, 0.5) is 0 Å². The summed E-state index contributed by atoms with van der Waals surface area (Å²) in [4.78, 5) is 0. The van der Waals surface area contributed by atoms with Crippen molar-refractivity contribution in [1.29, 1.82) is 0 Å². The molecule has 13 heavy (non-hydrogen) atoms. The van der Waals surface area contributed by atoms with Crippen LogP contribution in [-0.4, -0.2) is 16.3 Å². The fourth-order valence-corrected chi connectivity index (χ4v) is 1.24. The van der Waals surface area contributed by atoms with Crippen molar-refractivity contribution in [2.75, 3.05) is 0 Å². The molecule has 0 aromatic heterocycles. The van der Waals surface area contributed by atoms with Crippen molar-refractivity contribution in [2.24, 2.45) is 0 Å². The van der Waals surface area contributed by atoms with Crippen LogP contribution in [-0.2, 0) is 0 Å². The molecule has 0 saturated carbocycles. The van der Waals surface area contributed by atoms with E-state index in [1.807, 2.05) is 37.3 Å². The van der Waals surface area contributed by atoms with Crippen LogP contribution in [0, 0.1) is 0 Å². The van der Waals surface area contributed by atoms with Crippen molar-refractivity contribution >= 4 is 0 Å². The summed E-state index contributed by atoms with van der Waals surface area (Å²) in [6.45, 7) is 1.91. The Hall–Kier alpha value is -0.860. The van der Waals surface area contributed by atoms with E-state index in [9.17, 15) is 10.2 Å². The molecule has 0 aliphatic rings. The van der Waals surface area contributed by atoms with Gasteiger partial charge >= 0.3 is 0 Å². The first kappa shape index (κ1) is 10.2. The molecule has 2 N–H and O–H groups in total. The Morgan fingerprint density at radius 3 is 2.31 bits per heavy atom. The van der Waals surface area contributed by atoms with Gasteiger partial charge in [-0.05, 0) is 12.0 Å². The predicted molar refractivity (Wildman–Crippen MR) is 52.3 cm³/mol. The zero-order valence-corrected chi connectivity index (χ0v) is 7.85. The van der Waals surface area contributed by atoms with Gasteiger partial charge in [-0.2, -0.15) is 0 Å². The minimum Gasteiger partial charge on any atom is -0.393 e. The molecule has 0 aliphatic heterocycles. The van der Waals surface area contributed by atoms with E-state index in [4.69, 9.17) is 0 Å². The molecule has 0 bridgehead atoms. The number of aliphatic hydroxyl groups excluding tert-OH is 2. The Labute approximate surface area is 78.8 Å². The van der Waals surface area contributed by atoms with Crippen LogP contribution in [0.3, 0.4) is 0 Å². The van der Waals surface area contributed by atoms with Crippen LogP contribution in [0.25, 0.3) is 0 Å². The van der Waals surface area contributed by atoms with Gasteiger partial charge in [0.2, 0.25) is 0 Å². The summed E-state index contributed by atoms with van der Waals surface area (Å²) < 4.78 is 0. The van der Waals surface area contributed by atoms with Gasteiger partial charge in [0.15, 0.2) is 0 Å². The van der Waals surface area contributed by atoms with Crippen molar-refractivity contribution in [2.45, 2.75) is 32.0 Å². The number of aliphatic hydroxyl groups is 2. The van der Waals surface area contributed by atoms with Gasteiger partial charge in [0, 0.05) is 6.42 Å². The molecule has 0 spiro atoms. The second kappa shape index (κ2) is 5.00. The largest absolute Gasteiger partial charge is 0.393 e. The second-order valence-electron chi connectivity index (χ2n) is 3.22. The molecule has 0 amide bonds. The summed E-state index contributed by atoms with van der Waals surface area (Å²) in [5.41, 5.74) is 0.870. The highest BCUT2D eigenvalue weighted by Crippen LogP contribution is 2.18. The molecule has 72 valence electrons. The lowest BCUT2D eigenvalue weighted by Gasteiger charge is -2.14. The topological polar surface area (TPSA) is 40.5 Å². The predicted octanol–water partition coefficient (Wildman–Crippen LogP) is 1.88. The molecule has 0 heterocycles. The van der Waals surface area contributed by atoms with Crippen molar-refractivity contribution in [3.63, 3.8) is 0 Å². The standard InChI is InChI=1S/C11H16O2/c1-2-10(12)8-11(13)9-6-4-3-5-7-9/h3-7,10-13H,2,8H2,1H3. The van der Waals surface area contributed by atoms with Crippen molar-refractivity contribution < 1.29 is 10.2 Å². The lowest BCUT2D eigenvalue weighted by atomic mass is 10.0. The molecule has 0 saturated heterocycles. The zero-order valence-electron chi connectivity index (χ0n) is 7.85. The van der Waals surface area contributed by atoms with Crippen LogP contribution in [0.1, 0.15) is 31.4 Å². The van der Waals surface area contributed by atoms with Crippen molar-refractivity contribution in [3.8, 4) is 0 Å². The van der Waals surface area contributed by atoms with Crippen LogP contribution in [0.5, 0.6) is 0 Å². The molecule has 0 radical (unpaired) electrons. The number of hydrogen-bond acceptors (Lipinski definition) is 2. The van der Waals surface area contributed by atoms with Crippen LogP contribution < -0.4 is 0 Å². The smallest absolute Gasteiger partial charge is 0.0814 e. The van der Waals surface area contributed by atoms with E-state index in [0.29, 0.717) is 12.8 Å². The summed E-state index contributed by atoms with van der Waals surface area (Å²) in [6, 6.07) is 9.42. The molecule has 2 unspecified atom stereocenters. The molecule has 0 aliphatic carbocycles. The maximum Gasteiger partial charge on any atom is 0.0814 e. The van der Waals surface area contributed by atoms with Gasteiger partial charge in [-0.15, -0.1) is 0 Å². The Bertz CT molecular complexity index is 233. The molecule has 2 atom stereocenters. The van der Waals surface area contributed by atoms with E-state index in [2.05, 4.69) is 0 Å². The average molecular weight is 180 g/mol. The first-order chi connectivity index (χ1) is 6.24. The SMILES string of the molecule is CCC(O)CC(O)c1ccccc1. The lowest BCUT2D eigenvalue weighted by molar-refractivity contribution is 0.0784. The first-order valence-electron chi connectivity index (χ1n) is 4.65. The lowest BCUT2D eigenvalue weighted by Crippen LogP contribution is -2.10. The van der Waals surface area contributed by atoms with Gasteiger partial charge in [0.1, 0.15) is 0 Å². The molecule has 1 aromatic rings. The van der Waals surface area contributed by atoms with Gasteiger partial charge in [0.25, 0.3) is 0 Å². The Balaban J connectivity index is 2.53. The Morgan fingerprint density at radius 2 is 1.77 bits per heavy atom. The zero-order chi connectivity index (χ0) is 9.68. The number of benzene rings is 1. The molecular formula is C11H16O2. The highest BCUT2D eigenvalue weighted by atomic mass is 16.3. The van der Waals surface area contributed by atoms with Gasteiger partial charge in [0.05, 0.1) is 12.2 Å². The van der Waals surface area contributed by atoms with Crippen molar-refractivity contribution in [1.82, 2.24) is 0 Å². The van der Waals surface area contributed by atoms with Gasteiger partial charge in [-0.3, -0.25) is 0 Å². The van der Waals surface area contributed by atoms with Gasteiger partial charge in [-0.1, -0.05) is 37.3 Å². The number of hydrogen-bond donors (Lipinski definition) is 2. The Morgan fingerprint density at radius 1 is 1.15 bits per heavy atom. The van der Waals surface area contributed by atoms with E-state index < -0.39 is 12.2 Å². The summed E-state index contributed by atoms with van der Waals surface area (Å²) in [7, 11) is 0. The molecule has 1 rings (SSSR count). The fourth-order valence-electron chi connectivity index (χ4n) is 1.24. The average Bonchev–Trinajstić information content (AvgIpc) is 2.19. The van der Waals surface area contributed by atoms with E-state index in [1.54, 1.807) is 0 Å². The van der Waals surface area contributed by atoms with E-state index in [0.717, 1.165) is 5.56 Å². The summed E-state index contributed by atoms with van der Waals surface area (Å²) in [5.74, 6) is 0. The molecule has 1 aromatic carbocycles. The quantitative estimate of drug-likeness (QED) is 0.742. The summed E-state index contributed by atoms with van der Waals surface area (Å²) in [5, 5.41) is 19.0. The van der Waals surface area contributed by atoms with Gasteiger partial charge < -0.3 is 10.2 Å².